The first-order valence-corrected chi connectivity index (χ1v) is 10.2. The van der Waals surface area contributed by atoms with Gasteiger partial charge >= 0.3 is 6.03 Å². The number of hydrogen-bond acceptors (Lipinski definition) is 2. The first kappa shape index (κ1) is 17.8. The molecule has 2 aliphatic rings. The van der Waals surface area contributed by atoms with Crippen molar-refractivity contribution >= 4 is 39.2 Å². The molecule has 0 saturated heterocycles. The number of pyridine rings is 1. The van der Waals surface area contributed by atoms with Gasteiger partial charge in [0.05, 0.1) is 0 Å². The van der Waals surface area contributed by atoms with Crippen LogP contribution in [0.1, 0.15) is 43.2 Å². The molecule has 1 saturated carbocycles. The van der Waals surface area contributed by atoms with E-state index >= 15 is 0 Å². The maximum absolute atomic E-state index is 12.9. The van der Waals surface area contributed by atoms with E-state index in [1.807, 2.05) is 17.0 Å². The standard InChI is InChI=1S/C20H21BrClN3O/c21-15-4-5-17-16(11-15)20(7-2-1-3-8-20)13-25(17)19(26)24-12-14-6-9-23-18(22)10-14/h4-6,9-11H,1-3,7-8,12-13H2,(H,24,26). The number of rotatable bonds is 2. The van der Waals surface area contributed by atoms with E-state index in [0.717, 1.165) is 35.1 Å². The highest BCUT2D eigenvalue weighted by molar-refractivity contribution is 9.10. The number of nitrogens with zero attached hydrogens (tertiary/aromatic N) is 2. The number of carbonyl (C=O) groups excluding carboxylic acids is 1. The van der Waals surface area contributed by atoms with Crippen molar-refractivity contribution < 1.29 is 4.79 Å². The molecule has 2 heterocycles. The molecule has 6 heteroatoms. The van der Waals surface area contributed by atoms with Crippen LogP contribution in [0, 0.1) is 0 Å². The number of amides is 2. The molecule has 1 fully saturated rings. The summed E-state index contributed by atoms with van der Waals surface area (Å²) >= 11 is 9.53. The van der Waals surface area contributed by atoms with Crippen LogP contribution in [0.3, 0.4) is 0 Å². The van der Waals surface area contributed by atoms with Crippen LogP contribution < -0.4 is 10.2 Å². The molecule has 4 nitrogen and oxygen atoms in total. The quantitative estimate of drug-likeness (QED) is 0.641. The Morgan fingerprint density at radius 3 is 2.81 bits per heavy atom. The van der Waals surface area contributed by atoms with E-state index in [1.165, 1.54) is 24.8 Å². The topological polar surface area (TPSA) is 45.2 Å². The predicted molar refractivity (Wildman–Crippen MR) is 108 cm³/mol. The van der Waals surface area contributed by atoms with E-state index in [0.29, 0.717) is 11.7 Å². The average molecular weight is 435 g/mol. The number of urea groups is 1. The molecule has 1 aromatic carbocycles. The van der Waals surface area contributed by atoms with Gasteiger partial charge in [-0.05, 0) is 54.3 Å². The van der Waals surface area contributed by atoms with Crippen LogP contribution in [0.2, 0.25) is 5.15 Å². The van der Waals surface area contributed by atoms with Crippen molar-refractivity contribution in [3.05, 3.63) is 57.3 Å². The fraction of sp³-hybridized carbons (Fsp3) is 0.400. The Bertz CT molecular complexity index is 836. The lowest BCUT2D eigenvalue weighted by atomic mass is 9.71. The van der Waals surface area contributed by atoms with Gasteiger partial charge in [0.1, 0.15) is 5.15 Å². The Morgan fingerprint density at radius 2 is 2.04 bits per heavy atom. The number of fused-ring (bicyclic) bond motifs is 2. The molecule has 136 valence electrons. The molecule has 0 unspecified atom stereocenters. The van der Waals surface area contributed by atoms with Crippen LogP contribution in [0.5, 0.6) is 0 Å². The summed E-state index contributed by atoms with van der Waals surface area (Å²) in [6, 6.07) is 9.87. The second-order valence-corrected chi connectivity index (χ2v) is 8.54. The van der Waals surface area contributed by atoms with Crippen LogP contribution in [-0.2, 0) is 12.0 Å². The molecule has 4 rings (SSSR count). The number of benzene rings is 1. The van der Waals surface area contributed by atoms with Crippen molar-refractivity contribution in [2.75, 3.05) is 11.4 Å². The lowest BCUT2D eigenvalue weighted by Gasteiger charge is -2.34. The minimum Gasteiger partial charge on any atom is -0.334 e. The summed E-state index contributed by atoms with van der Waals surface area (Å²) in [6.07, 6.45) is 7.72. The maximum Gasteiger partial charge on any atom is 0.322 e. The SMILES string of the molecule is O=C(NCc1ccnc(Cl)c1)N1CC2(CCCCC2)c2cc(Br)ccc21. The van der Waals surface area contributed by atoms with Crippen LogP contribution in [0.15, 0.2) is 41.0 Å². The molecule has 1 aliphatic carbocycles. The third kappa shape index (κ3) is 3.35. The van der Waals surface area contributed by atoms with E-state index in [2.05, 4.69) is 38.4 Å². The molecule has 2 amide bonds. The third-order valence-electron chi connectivity index (χ3n) is 5.57. The fourth-order valence-electron chi connectivity index (χ4n) is 4.30. The average Bonchev–Trinajstić information content (AvgIpc) is 2.94. The third-order valence-corrected chi connectivity index (χ3v) is 6.27. The number of halogens is 2. The van der Waals surface area contributed by atoms with Gasteiger partial charge in [0, 0.05) is 34.9 Å². The zero-order valence-corrected chi connectivity index (χ0v) is 16.8. The summed E-state index contributed by atoms with van der Waals surface area (Å²) in [5.41, 5.74) is 3.41. The van der Waals surface area contributed by atoms with Gasteiger partial charge in [-0.25, -0.2) is 9.78 Å². The minimum absolute atomic E-state index is 0.0519. The van der Waals surface area contributed by atoms with Crippen LogP contribution in [0.25, 0.3) is 0 Å². The smallest absolute Gasteiger partial charge is 0.322 e. The molecule has 0 atom stereocenters. The molecule has 1 N–H and O–H groups in total. The lowest BCUT2D eigenvalue weighted by Crippen LogP contribution is -2.43. The molecular weight excluding hydrogens is 414 g/mol. The van der Waals surface area contributed by atoms with E-state index in [9.17, 15) is 4.79 Å². The van der Waals surface area contributed by atoms with Crippen LogP contribution in [0.4, 0.5) is 10.5 Å². The zero-order valence-electron chi connectivity index (χ0n) is 14.5. The second kappa shape index (κ2) is 7.20. The Balaban J connectivity index is 1.56. The van der Waals surface area contributed by atoms with Crippen molar-refractivity contribution in [3.8, 4) is 0 Å². The molecule has 1 aromatic heterocycles. The van der Waals surface area contributed by atoms with Crippen molar-refractivity contribution in [1.29, 1.82) is 0 Å². The van der Waals surface area contributed by atoms with Gasteiger partial charge in [-0.1, -0.05) is 46.8 Å². The van der Waals surface area contributed by atoms with Gasteiger partial charge in [0.15, 0.2) is 0 Å². The first-order valence-electron chi connectivity index (χ1n) is 9.03. The normalized spacial score (nSPS) is 18.0. The largest absolute Gasteiger partial charge is 0.334 e. The van der Waals surface area contributed by atoms with Crippen molar-refractivity contribution in [1.82, 2.24) is 10.3 Å². The minimum atomic E-state index is -0.0519. The lowest BCUT2D eigenvalue weighted by molar-refractivity contribution is 0.242. The summed E-state index contributed by atoms with van der Waals surface area (Å²) in [7, 11) is 0. The summed E-state index contributed by atoms with van der Waals surface area (Å²) in [4.78, 5) is 18.8. The molecule has 26 heavy (non-hydrogen) atoms. The fourth-order valence-corrected chi connectivity index (χ4v) is 4.86. The van der Waals surface area contributed by atoms with Gasteiger partial charge in [-0.2, -0.15) is 0 Å². The Morgan fingerprint density at radius 1 is 1.23 bits per heavy atom. The van der Waals surface area contributed by atoms with E-state index < -0.39 is 0 Å². The Kier molecular flexibility index (Phi) is 4.93. The van der Waals surface area contributed by atoms with E-state index in [1.54, 1.807) is 12.3 Å². The monoisotopic (exact) mass is 433 g/mol. The van der Waals surface area contributed by atoms with Gasteiger partial charge in [0.25, 0.3) is 0 Å². The van der Waals surface area contributed by atoms with Crippen molar-refractivity contribution in [2.24, 2.45) is 0 Å². The number of hydrogen-bond donors (Lipinski definition) is 1. The van der Waals surface area contributed by atoms with Gasteiger partial charge in [-0.3, -0.25) is 4.90 Å². The highest BCUT2D eigenvalue weighted by atomic mass is 79.9. The van der Waals surface area contributed by atoms with Gasteiger partial charge in [0.2, 0.25) is 0 Å². The first-order chi connectivity index (χ1) is 12.6. The van der Waals surface area contributed by atoms with Crippen LogP contribution in [-0.4, -0.2) is 17.6 Å². The summed E-state index contributed by atoms with van der Waals surface area (Å²) < 4.78 is 1.08. The highest BCUT2D eigenvalue weighted by Crippen LogP contribution is 2.49. The predicted octanol–water partition coefficient (Wildman–Crippen LogP) is 5.43. The van der Waals surface area contributed by atoms with Crippen LogP contribution >= 0.6 is 27.5 Å². The highest BCUT2D eigenvalue weighted by Gasteiger charge is 2.45. The second-order valence-electron chi connectivity index (χ2n) is 7.23. The molecule has 0 bridgehead atoms. The zero-order chi connectivity index (χ0) is 18.1. The summed E-state index contributed by atoms with van der Waals surface area (Å²) in [6.45, 7) is 1.21. The van der Waals surface area contributed by atoms with E-state index in [-0.39, 0.29) is 11.4 Å². The number of anilines is 1. The number of carbonyl (C=O) groups is 1. The Labute approximate surface area is 167 Å². The Hall–Kier alpha value is -1.59. The summed E-state index contributed by atoms with van der Waals surface area (Å²) in [5.74, 6) is 0. The number of nitrogens with one attached hydrogen (secondary N) is 1. The molecule has 0 radical (unpaired) electrons. The van der Waals surface area contributed by atoms with Gasteiger partial charge in [-0.15, -0.1) is 0 Å². The molecular formula is C20H21BrClN3O. The number of aromatic nitrogens is 1. The maximum atomic E-state index is 12.9. The van der Waals surface area contributed by atoms with E-state index in [4.69, 9.17) is 11.6 Å². The summed E-state index contributed by atoms with van der Waals surface area (Å²) in [5, 5.41) is 3.47. The van der Waals surface area contributed by atoms with Crippen molar-refractivity contribution in [2.45, 2.75) is 44.1 Å². The van der Waals surface area contributed by atoms with Crippen molar-refractivity contribution in [3.63, 3.8) is 0 Å². The van der Waals surface area contributed by atoms with Gasteiger partial charge < -0.3 is 5.32 Å². The molecule has 1 spiro atoms. The molecule has 1 aliphatic heterocycles. The molecule has 2 aromatic rings.